The minimum absolute atomic E-state index is 0.199. The van der Waals surface area contributed by atoms with Crippen molar-refractivity contribution in [1.82, 2.24) is 0 Å². The smallest absolute Gasteiger partial charge is 0.302 e. The van der Waals surface area contributed by atoms with Crippen LogP contribution >= 0.6 is 0 Å². The van der Waals surface area contributed by atoms with Gasteiger partial charge in [0, 0.05) is 64.0 Å². The second-order valence-corrected chi connectivity index (χ2v) is 13.3. The number of ketones is 2. The van der Waals surface area contributed by atoms with Gasteiger partial charge >= 0.3 is 17.9 Å². The molecule has 0 spiro atoms. The summed E-state index contributed by atoms with van der Waals surface area (Å²) in [5.74, 6) is -0.339. The summed E-state index contributed by atoms with van der Waals surface area (Å²) in [6.07, 6.45) is 14.9. The number of carbonyl (C=O) groups excluding carboxylic acids is 5. The Labute approximate surface area is 324 Å². The molecule has 0 heterocycles. The van der Waals surface area contributed by atoms with Crippen molar-refractivity contribution in [1.29, 1.82) is 0 Å². The lowest BCUT2D eigenvalue weighted by atomic mass is 9.97. The van der Waals surface area contributed by atoms with Gasteiger partial charge in [-0.25, -0.2) is 0 Å². The average Bonchev–Trinajstić information content (AvgIpc) is 3.15. The average molecular weight is 745 g/mol. The molecule has 3 aromatic rings. The van der Waals surface area contributed by atoms with E-state index in [0.29, 0.717) is 45.5 Å². The number of Topliss-reactive ketones (excluding diaryl/α,β-unsaturated/α-hetero) is 2. The second kappa shape index (κ2) is 30.8. The van der Waals surface area contributed by atoms with E-state index in [4.69, 9.17) is 14.2 Å². The lowest BCUT2D eigenvalue weighted by molar-refractivity contribution is -0.141. The van der Waals surface area contributed by atoms with Crippen molar-refractivity contribution in [3.05, 3.63) is 107 Å². The van der Waals surface area contributed by atoms with Gasteiger partial charge in [0.2, 0.25) is 0 Å². The van der Waals surface area contributed by atoms with Crippen molar-refractivity contribution in [3.63, 3.8) is 0 Å². The number of unbranched alkanes of at least 4 members (excludes halogenated alkanes) is 8. The molecule has 0 aliphatic carbocycles. The number of hydrogen-bond acceptors (Lipinski definition) is 8. The third kappa shape index (κ3) is 24.6. The summed E-state index contributed by atoms with van der Waals surface area (Å²) in [6.45, 7) is 9.79. The molecule has 296 valence electrons. The molecule has 0 aliphatic rings. The van der Waals surface area contributed by atoms with Crippen LogP contribution in [-0.4, -0.2) is 49.3 Å². The SMILES string of the molecule is CC(=O)OCCc1ccccc1.CCCCCCCC(=O)c1ccc(CCOC(C)=O)cc1.CCCCCCCC(=O)c1ccccc1CCOC(C)=O. The maximum atomic E-state index is 12.3. The van der Waals surface area contributed by atoms with Crippen LogP contribution in [0.3, 0.4) is 0 Å². The molecule has 0 N–H and O–H groups in total. The Kier molecular flexibility index (Phi) is 27.1. The highest BCUT2D eigenvalue weighted by atomic mass is 16.5. The first-order valence-corrected chi connectivity index (χ1v) is 19.7. The molecule has 54 heavy (non-hydrogen) atoms. The second-order valence-electron chi connectivity index (χ2n) is 13.3. The van der Waals surface area contributed by atoms with Crippen molar-refractivity contribution in [3.8, 4) is 0 Å². The molecule has 0 saturated carbocycles. The van der Waals surface area contributed by atoms with Crippen molar-refractivity contribution in [2.45, 2.75) is 131 Å². The van der Waals surface area contributed by atoms with Crippen LogP contribution in [0.5, 0.6) is 0 Å². The first kappa shape index (κ1) is 47.4. The molecule has 3 aromatic carbocycles. The van der Waals surface area contributed by atoms with Crippen LogP contribution in [0.1, 0.15) is 149 Å². The maximum absolute atomic E-state index is 12.3. The molecule has 0 unspecified atom stereocenters. The Morgan fingerprint density at radius 1 is 0.444 bits per heavy atom. The molecule has 0 fully saturated rings. The standard InChI is InChI=1S/2C18H26O3.C10H12O2/c1-3-4-5-6-7-12-18(20)17-11-9-8-10-16(17)13-14-21-15(2)19;1-3-4-5-6-7-8-18(20)17-11-9-16(10-12-17)13-14-21-15(2)19;1-9(11)12-8-7-10-5-3-2-4-6-10/h8-11H,3-7,12-14H2,1-2H3;9-12H,3-8,13-14H2,1-2H3;2-6H,7-8H2,1H3. The summed E-state index contributed by atoms with van der Waals surface area (Å²) in [6, 6.07) is 25.2. The lowest BCUT2D eigenvalue weighted by Gasteiger charge is -2.09. The fourth-order valence-corrected chi connectivity index (χ4v) is 5.50. The summed E-state index contributed by atoms with van der Waals surface area (Å²) < 4.78 is 14.7. The Morgan fingerprint density at radius 3 is 1.37 bits per heavy atom. The number of benzene rings is 3. The minimum Gasteiger partial charge on any atom is -0.466 e. The zero-order valence-electron chi connectivity index (χ0n) is 33.5. The third-order valence-corrected chi connectivity index (χ3v) is 8.52. The Morgan fingerprint density at radius 2 is 0.870 bits per heavy atom. The van der Waals surface area contributed by atoms with Crippen LogP contribution in [0.2, 0.25) is 0 Å². The van der Waals surface area contributed by atoms with Crippen LogP contribution < -0.4 is 0 Å². The normalized spacial score (nSPS) is 10.2. The highest BCUT2D eigenvalue weighted by Crippen LogP contribution is 2.16. The van der Waals surface area contributed by atoms with E-state index in [0.717, 1.165) is 54.4 Å². The van der Waals surface area contributed by atoms with Gasteiger partial charge in [0.15, 0.2) is 11.6 Å². The van der Waals surface area contributed by atoms with E-state index in [1.807, 2.05) is 78.9 Å². The Hall–Kier alpha value is -4.59. The molecule has 0 atom stereocenters. The van der Waals surface area contributed by atoms with Gasteiger partial charge in [-0.05, 0) is 29.5 Å². The predicted molar refractivity (Wildman–Crippen MR) is 216 cm³/mol. The molecular weight excluding hydrogens is 680 g/mol. The van der Waals surface area contributed by atoms with E-state index in [1.165, 1.54) is 64.9 Å². The first-order valence-electron chi connectivity index (χ1n) is 19.7. The van der Waals surface area contributed by atoms with E-state index in [1.54, 1.807) is 0 Å². The van der Waals surface area contributed by atoms with Crippen molar-refractivity contribution >= 4 is 29.5 Å². The topological polar surface area (TPSA) is 113 Å². The number of esters is 3. The number of rotatable bonds is 23. The maximum Gasteiger partial charge on any atom is 0.302 e. The van der Waals surface area contributed by atoms with Gasteiger partial charge in [0.1, 0.15) is 0 Å². The van der Waals surface area contributed by atoms with E-state index in [-0.39, 0.29) is 29.5 Å². The predicted octanol–water partition coefficient (Wildman–Crippen LogP) is 10.5. The van der Waals surface area contributed by atoms with E-state index < -0.39 is 0 Å². The molecular formula is C46H64O8. The molecule has 0 aromatic heterocycles. The summed E-state index contributed by atoms with van der Waals surface area (Å²) in [5.41, 5.74) is 4.80. The number of ether oxygens (including phenoxy) is 3. The van der Waals surface area contributed by atoms with Gasteiger partial charge in [0.05, 0.1) is 19.8 Å². The molecule has 0 saturated heterocycles. The molecule has 0 aliphatic heterocycles. The largest absolute Gasteiger partial charge is 0.466 e. The minimum atomic E-state index is -0.283. The third-order valence-electron chi connectivity index (χ3n) is 8.52. The van der Waals surface area contributed by atoms with E-state index in [9.17, 15) is 24.0 Å². The van der Waals surface area contributed by atoms with Crippen LogP contribution in [0.25, 0.3) is 0 Å². The molecule has 0 radical (unpaired) electrons. The zero-order valence-corrected chi connectivity index (χ0v) is 33.5. The molecule has 0 amide bonds. The highest BCUT2D eigenvalue weighted by Gasteiger charge is 2.11. The van der Waals surface area contributed by atoms with Crippen molar-refractivity contribution < 1.29 is 38.2 Å². The Balaban J connectivity index is 0.000000421. The fourth-order valence-electron chi connectivity index (χ4n) is 5.50. The van der Waals surface area contributed by atoms with Crippen molar-refractivity contribution in [2.75, 3.05) is 19.8 Å². The molecule has 8 nitrogen and oxygen atoms in total. The van der Waals surface area contributed by atoms with Gasteiger partial charge < -0.3 is 14.2 Å². The highest BCUT2D eigenvalue weighted by molar-refractivity contribution is 5.97. The molecule has 3 rings (SSSR count). The molecule has 8 heteroatoms. The molecule has 0 bridgehead atoms. The van der Waals surface area contributed by atoms with Crippen LogP contribution in [0.4, 0.5) is 0 Å². The van der Waals surface area contributed by atoms with Gasteiger partial charge in [-0.15, -0.1) is 0 Å². The van der Waals surface area contributed by atoms with E-state index in [2.05, 4.69) is 13.8 Å². The monoisotopic (exact) mass is 744 g/mol. The Bertz CT molecular complexity index is 1480. The number of hydrogen-bond donors (Lipinski definition) is 0. The van der Waals surface area contributed by atoms with Gasteiger partial charge in [-0.1, -0.05) is 144 Å². The van der Waals surface area contributed by atoms with Gasteiger partial charge in [0.25, 0.3) is 0 Å². The lowest BCUT2D eigenvalue weighted by Crippen LogP contribution is -2.08. The van der Waals surface area contributed by atoms with Gasteiger partial charge in [-0.3, -0.25) is 24.0 Å². The van der Waals surface area contributed by atoms with Crippen LogP contribution in [0, 0.1) is 0 Å². The zero-order chi connectivity index (χ0) is 39.8. The van der Waals surface area contributed by atoms with Crippen molar-refractivity contribution in [2.24, 2.45) is 0 Å². The summed E-state index contributed by atoms with van der Waals surface area (Å²) in [7, 11) is 0. The van der Waals surface area contributed by atoms with Gasteiger partial charge in [-0.2, -0.15) is 0 Å². The fraction of sp³-hybridized carbons (Fsp3) is 0.500. The van der Waals surface area contributed by atoms with Crippen LogP contribution in [0.15, 0.2) is 78.9 Å². The summed E-state index contributed by atoms with van der Waals surface area (Å²) in [5, 5.41) is 0. The quantitative estimate of drug-likeness (QED) is 0.0408. The van der Waals surface area contributed by atoms with E-state index >= 15 is 0 Å². The number of carbonyl (C=O) groups is 5. The summed E-state index contributed by atoms with van der Waals surface area (Å²) in [4.78, 5) is 56.2. The summed E-state index contributed by atoms with van der Waals surface area (Å²) >= 11 is 0. The first-order chi connectivity index (χ1) is 26.1. The van der Waals surface area contributed by atoms with Crippen LogP contribution in [-0.2, 0) is 47.9 Å².